The summed E-state index contributed by atoms with van der Waals surface area (Å²) in [6, 6.07) is 0. The fourth-order valence-electron chi connectivity index (χ4n) is 0.543. The van der Waals surface area contributed by atoms with E-state index in [1.54, 1.807) is 6.92 Å². The second kappa shape index (κ2) is 2.42. The molecule has 1 aromatic rings. The van der Waals surface area contributed by atoms with Crippen LogP contribution >= 0.6 is 0 Å². The lowest BCUT2D eigenvalue weighted by Crippen LogP contribution is -2.20. The van der Waals surface area contributed by atoms with Gasteiger partial charge in [-0.2, -0.15) is 0 Å². The third-order valence-electron chi connectivity index (χ3n) is 1.02. The maximum absolute atomic E-state index is 10.3. The lowest BCUT2D eigenvalue weighted by atomic mass is 10.6. The number of carbonyl (C=O) groups is 1. The van der Waals surface area contributed by atoms with Crippen LogP contribution in [0.15, 0.2) is 0 Å². The van der Waals surface area contributed by atoms with Gasteiger partial charge in [-0.3, -0.25) is 4.79 Å². The quantitative estimate of drug-likeness (QED) is 0.541. The third-order valence-corrected chi connectivity index (χ3v) is 1.02. The molecule has 0 saturated carbocycles. The van der Waals surface area contributed by atoms with Gasteiger partial charge in [0.15, 0.2) is 0 Å². The van der Waals surface area contributed by atoms with Crippen molar-refractivity contribution in [2.45, 2.75) is 13.5 Å². The van der Waals surface area contributed by atoms with Gasteiger partial charge in [0, 0.05) is 0 Å². The monoisotopic (exact) mass is 141 g/mol. The Morgan fingerprint density at radius 1 is 1.80 bits per heavy atom. The van der Waals surface area contributed by atoms with Crippen LogP contribution in [0.3, 0.4) is 0 Å². The van der Waals surface area contributed by atoms with Gasteiger partial charge in [0.2, 0.25) is 5.91 Å². The van der Waals surface area contributed by atoms with E-state index >= 15 is 0 Å². The highest BCUT2D eigenvalue weighted by Crippen LogP contribution is 1.85. The lowest BCUT2D eigenvalue weighted by Gasteiger charge is -1.94. The molecule has 0 saturated heterocycles. The van der Waals surface area contributed by atoms with E-state index in [9.17, 15) is 4.79 Å². The highest BCUT2D eigenvalue weighted by Gasteiger charge is 2.01. The standard InChI is InChI=1S/C4H7N5O/c1-3-6-7-8-9(3)2-4(5)10/h2H2,1H3,(H2,5,10). The maximum Gasteiger partial charge on any atom is 0.239 e. The van der Waals surface area contributed by atoms with E-state index in [0.29, 0.717) is 5.82 Å². The second-order valence-electron chi connectivity index (χ2n) is 1.85. The summed E-state index contributed by atoms with van der Waals surface area (Å²) in [6.07, 6.45) is 0. The molecule has 10 heavy (non-hydrogen) atoms. The first-order chi connectivity index (χ1) is 4.70. The molecular weight excluding hydrogens is 134 g/mol. The molecule has 54 valence electrons. The number of tetrazole rings is 1. The Kier molecular flexibility index (Phi) is 1.61. The summed E-state index contributed by atoms with van der Waals surface area (Å²) < 4.78 is 1.34. The van der Waals surface area contributed by atoms with Crippen LogP contribution in [-0.4, -0.2) is 26.1 Å². The molecule has 0 fully saturated rings. The van der Waals surface area contributed by atoms with Crippen molar-refractivity contribution in [2.24, 2.45) is 5.73 Å². The highest BCUT2D eigenvalue weighted by molar-refractivity contribution is 5.73. The van der Waals surface area contributed by atoms with Crippen molar-refractivity contribution < 1.29 is 4.79 Å². The molecule has 0 atom stereocenters. The van der Waals surface area contributed by atoms with Gasteiger partial charge in [-0.05, 0) is 17.4 Å². The van der Waals surface area contributed by atoms with Crippen molar-refractivity contribution in [3.63, 3.8) is 0 Å². The number of primary amides is 1. The summed E-state index contributed by atoms with van der Waals surface area (Å²) >= 11 is 0. The Bertz CT molecular complexity index is 242. The summed E-state index contributed by atoms with van der Waals surface area (Å²) in [5.74, 6) is 0.134. The number of aromatic nitrogens is 4. The van der Waals surface area contributed by atoms with Gasteiger partial charge in [-0.1, -0.05) is 0 Å². The fourth-order valence-corrected chi connectivity index (χ4v) is 0.543. The Hall–Kier alpha value is -1.46. The molecule has 1 heterocycles. The van der Waals surface area contributed by atoms with E-state index in [0.717, 1.165) is 0 Å². The first-order valence-corrected chi connectivity index (χ1v) is 2.71. The zero-order valence-electron chi connectivity index (χ0n) is 5.48. The minimum atomic E-state index is -0.449. The Balaban J connectivity index is 2.74. The molecule has 0 aliphatic heterocycles. The zero-order valence-corrected chi connectivity index (χ0v) is 5.48. The van der Waals surface area contributed by atoms with Crippen LogP contribution in [0.2, 0.25) is 0 Å². The van der Waals surface area contributed by atoms with Gasteiger partial charge in [-0.15, -0.1) is 5.10 Å². The molecule has 1 rings (SSSR count). The number of hydrogen-bond donors (Lipinski definition) is 1. The number of amides is 1. The van der Waals surface area contributed by atoms with Crippen molar-refractivity contribution in [3.05, 3.63) is 5.82 Å². The fraction of sp³-hybridized carbons (Fsp3) is 0.500. The number of aryl methyl sites for hydroxylation is 1. The smallest absolute Gasteiger partial charge is 0.239 e. The summed E-state index contributed by atoms with van der Waals surface area (Å²) in [5.41, 5.74) is 4.90. The van der Waals surface area contributed by atoms with Crippen LogP contribution in [0.4, 0.5) is 0 Å². The predicted octanol–water partition coefficient (Wildman–Crippen LogP) is -1.53. The Labute approximate surface area is 57.0 Å². The summed E-state index contributed by atoms with van der Waals surface area (Å²) in [7, 11) is 0. The summed E-state index contributed by atoms with van der Waals surface area (Å²) in [5, 5.41) is 10.4. The molecule has 0 aliphatic rings. The number of nitrogens with zero attached hydrogens (tertiary/aromatic N) is 4. The van der Waals surface area contributed by atoms with Gasteiger partial charge < -0.3 is 5.73 Å². The molecule has 0 radical (unpaired) electrons. The molecule has 1 amide bonds. The van der Waals surface area contributed by atoms with Gasteiger partial charge in [0.05, 0.1) is 0 Å². The number of hydrogen-bond acceptors (Lipinski definition) is 4. The lowest BCUT2D eigenvalue weighted by molar-refractivity contribution is -0.118. The van der Waals surface area contributed by atoms with E-state index in [4.69, 9.17) is 5.73 Å². The van der Waals surface area contributed by atoms with Crippen molar-refractivity contribution in [1.29, 1.82) is 0 Å². The SMILES string of the molecule is Cc1nnnn1CC(N)=O. The molecule has 0 bridgehead atoms. The Morgan fingerprint density at radius 2 is 2.50 bits per heavy atom. The second-order valence-corrected chi connectivity index (χ2v) is 1.85. The van der Waals surface area contributed by atoms with E-state index in [-0.39, 0.29) is 6.54 Å². The minimum absolute atomic E-state index is 0.0405. The van der Waals surface area contributed by atoms with E-state index in [1.807, 2.05) is 0 Å². The van der Waals surface area contributed by atoms with Gasteiger partial charge >= 0.3 is 0 Å². The van der Waals surface area contributed by atoms with Gasteiger partial charge in [-0.25, -0.2) is 4.68 Å². The van der Waals surface area contributed by atoms with Gasteiger partial charge in [0.1, 0.15) is 12.4 Å². The minimum Gasteiger partial charge on any atom is -0.368 e. The number of carbonyl (C=O) groups excluding carboxylic acids is 1. The van der Waals surface area contributed by atoms with Gasteiger partial charge in [0.25, 0.3) is 0 Å². The zero-order chi connectivity index (χ0) is 7.56. The number of rotatable bonds is 2. The summed E-state index contributed by atoms with van der Waals surface area (Å²) in [4.78, 5) is 10.3. The largest absolute Gasteiger partial charge is 0.368 e. The molecular formula is C4H7N5O. The van der Waals surface area contributed by atoms with Crippen LogP contribution in [0, 0.1) is 6.92 Å². The first kappa shape index (κ1) is 6.66. The van der Waals surface area contributed by atoms with E-state index < -0.39 is 5.91 Å². The summed E-state index contributed by atoms with van der Waals surface area (Å²) in [6.45, 7) is 1.74. The third kappa shape index (κ3) is 1.28. The topological polar surface area (TPSA) is 86.7 Å². The normalized spacial score (nSPS) is 9.70. The van der Waals surface area contributed by atoms with Crippen LogP contribution in [0.1, 0.15) is 5.82 Å². The van der Waals surface area contributed by atoms with Crippen LogP contribution in [0.5, 0.6) is 0 Å². The molecule has 0 unspecified atom stereocenters. The first-order valence-electron chi connectivity index (χ1n) is 2.71. The van der Waals surface area contributed by atoms with E-state index in [2.05, 4.69) is 15.5 Å². The predicted molar refractivity (Wildman–Crippen MR) is 31.7 cm³/mol. The Morgan fingerprint density at radius 3 is 2.90 bits per heavy atom. The average molecular weight is 141 g/mol. The molecule has 0 spiro atoms. The van der Waals surface area contributed by atoms with E-state index in [1.165, 1.54) is 4.68 Å². The van der Waals surface area contributed by atoms with Crippen molar-refractivity contribution in [3.8, 4) is 0 Å². The molecule has 1 aromatic heterocycles. The van der Waals surface area contributed by atoms with Crippen LogP contribution in [0.25, 0.3) is 0 Å². The molecule has 6 nitrogen and oxygen atoms in total. The average Bonchev–Trinajstić information content (AvgIpc) is 2.15. The molecule has 2 N–H and O–H groups in total. The van der Waals surface area contributed by atoms with Crippen molar-refractivity contribution in [1.82, 2.24) is 20.2 Å². The van der Waals surface area contributed by atoms with Crippen molar-refractivity contribution >= 4 is 5.91 Å². The molecule has 0 aromatic carbocycles. The molecule has 0 aliphatic carbocycles. The number of nitrogens with two attached hydrogens (primary N) is 1. The molecule has 6 heteroatoms. The highest BCUT2D eigenvalue weighted by atomic mass is 16.1. The maximum atomic E-state index is 10.3. The van der Waals surface area contributed by atoms with Crippen LogP contribution < -0.4 is 5.73 Å². The van der Waals surface area contributed by atoms with Crippen molar-refractivity contribution in [2.75, 3.05) is 0 Å². The van der Waals surface area contributed by atoms with Crippen LogP contribution in [-0.2, 0) is 11.3 Å².